The smallest absolute Gasteiger partial charge is 0.339 e. The number of ether oxygens (including phenoxy) is 1. The van der Waals surface area contributed by atoms with E-state index in [0.29, 0.717) is 17.1 Å². The second-order valence-corrected chi connectivity index (χ2v) is 6.42. The standard InChI is InChI=1S/C15H14N2O3S/c1-9-8-16-14(21-9)17-13(19)15(2)7-10-5-3-4-6-11(10)12(18)20-15/h3-6,8H,7H2,1-2H3,(H,16,17,19). The van der Waals surface area contributed by atoms with E-state index in [1.54, 1.807) is 25.3 Å². The summed E-state index contributed by atoms with van der Waals surface area (Å²) in [6, 6.07) is 7.18. The lowest BCUT2D eigenvalue weighted by atomic mass is 9.89. The maximum absolute atomic E-state index is 12.4. The van der Waals surface area contributed by atoms with E-state index in [-0.39, 0.29) is 5.91 Å². The van der Waals surface area contributed by atoms with Crippen molar-refractivity contribution in [2.45, 2.75) is 25.9 Å². The van der Waals surface area contributed by atoms with Gasteiger partial charge in [0.05, 0.1) is 5.56 Å². The van der Waals surface area contributed by atoms with Gasteiger partial charge in [-0.05, 0) is 25.5 Å². The van der Waals surface area contributed by atoms with E-state index < -0.39 is 11.6 Å². The molecule has 3 rings (SSSR count). The highest BCUT2D eigenvalue weighted by Gasteiger charge is 2.42. The van der Waals surface area contributed by atoms with E-state index in [1.807, 2.05) is 19.1 Å². The fourth-order valence-corrected chi connectivity index (χ4v) is 2.96. The molecule has 0 aliphatic carbocycles. The molecule has 0 fully saturated rings. The lowest BCUT2D eigenvalue weighted by molar-refractivity contribution is -0.134. The number of cyclic esters (lactones) is 1. The number of nitrogens with zero attached hydrogens (tertiary/aromatic N) is 1. The summed E-state index contributed by atoms with van der Waals surface area (Å²) in [5.74, 6) is -0.829. The first-order valence-electron chi connectivity index (χ1n) is 6.53. The molecule has 5 nitrogen and oxygen atoms in total. The molecule has 2 heterocycles. The molecule has 1 aromatic carbocycles. The molecule has 1 unspecified atom stereocenters. The van der Waals surface area contributed by atoms with Crippen LogP contribution in [0, 0.1) is 6.92 Å². The lowest BCUT2D eigenvalue weighted by Crippen LogP contribution is -2.48. The molecule has 0 saturated carbocycles. The van der Waals surface area contributed by atoms with E-state index in [2.05, 4.69) is 10.3 Å². The third-order valence-electron chi connectivity index (χ3n) is 3.41. The summed E-state index contributed by atoms with van der Waals surface area (Å²) >= 11 is 1.38. The van der Waals surface area contributed by atoms with Crippen LogP contribution in [0.1, 0.15) is 27.7 Å². The van der Waals surface area contributed by atoms with E-state index in [9.17, 15) is 9.59 Å². The van der Waals surface area contributed by atoms with Crippen molar-refractivity contribution in [1.29, 1.82) is 0 Å². The van der Waals surface area contributed by atoms with Gasteiger partial charge >= 0.3 is 5.97 Å². The number of carbonyl (C=O) groups is 2. The SMILES string of the molecule is Cc1cnc(NC(=O)C2(C)Cc3ccccc3C(=O)O2)s1. The summed E-state index contributed by atoms with van der Waals surface area (Å²) in [5.41, 5.74) is 0.125. The van der Waals surface area contributed by atoms with Gasteiger partial charge in [0.2, 0.25) is 0 Å². The zero-order chi connectivity index (χ0) is 15.0. The molecule has 108 valence electrons. The van der Waals surface area contributed by atoms with Crippen LogP contribution in [0.5, 0.6) is 0 Å². The molecule has 0 radical (unpaired) electrons. The van der Waals surface area contributed by atoms with E-state index in [4.69, 9.17) is 4.74 Å². The van der Waals surface area contributed by atoms with Crippen LogP contribution in [0.4, 0.5) is 5.13 Å². The summed E-state index contributed by atoms with van der Waals surface area (Å²) in [5, 5.41) is 3.22. The van der Waals surface area contributed by atoms with Gasteiger partial charge in [0.15, 0.2) is 10.7 Å². The van der Waals surface area contributed by atoms with Gasteiger partial charge in [0.25, 0.3) is 5.91 Å². The molecule has 1 atom stereocenters. The number of benzene rings is 1. The van der Waals surface area contributed by atoms with Gasteiger partial charge in [-0.2, -0.15) is 0 Å². The molecule has 0 saturated heterocycles. The van der Waals surface area contributed by atoms with Crippen molar-refractivity contribution >= 4 is 28.3 Å². The number of esters is 1. The fraction of sp³-hybridized carbons (Fsp3) is 0.267. The number of fused-ring (bicyclic) bond motifs is 1. The Labute approximate surface area is 126 Å². The molecule has 21 heavy (non-hydrogen) atoms. The maximum Gasteiger partial charge on any atom is 0.339 e. The Morgan fingerprint density at radius 3 is 2.90 bits per heavy atom. The van der Waals surface area contributed by atoms with Crippen molar-refractivity contribution in [1.82, 2.24) is 4.98 Å². The summed E-state index contributed by atoms with van der Waals surface area (Å²) in [4.78, 5) is 29.6. The van der Waals surface area contributed by atoms with Crippen molar-refractivity contribution in [3.63, 3.8) is 0 Å². The Balaban J connectivity index is 1.85. The molecule has 1 aliphatic heterocycles. The number of anilines is 1. The lowest BCUT2D eigenvalue weighted by Gasteiger charge is -2.32. The molecular formula is C15H14N2O3S. The molecule has 1 aliphatic rings. The zero-order valence-electron chi connectivity index (χ0n) is 11.7. The van der Waals surface area contributed by atoms with Gasteiger partial charge in [0, 0.05) is 17.5 Å². The van der Waals surface area contributed by atoms with Crippen LogP contribution < -0.4 is 5.32 Å². The Hall–Kier alpha value is -2.21. The maximum atomic E-state index is 12.4. The van der Waals surface area contributed by atoms with Crippen LogP contribution in [-0.2, 0) is 16.0 Å². The van der Waals surface area contributed by atoms with Crippen LogP contribution >= 0.6 is 11.3 Å². The second-order valence-electron chi connectivity index (χ2n) is 5.18. The van der Waals surface area contributed by atoms with E-state index in [0.717, 1.165) is 10.4 Å². The Kier molecular flexibility index (Phi) is 3.25. The quantitative estimate of drug-likeness (QED) is 0.866. The molecular weight excluding hydrogens is 288 g/mol. The first-order valence-corrected chi connectivity index (χ1v) is 7.35. The number of amides is 1. The number of rotatable bonds is 2. The Morgan fingerprint density at radius 2 is 2.19 bits per heavy atom. The van der Waals surface area contributed by atoms with Crippen molar-refractivity contribution in [3.05, 3.63) is 46.5 Å². The minimum absolute atomic E-state index is 0.352. The number of thiazole rings is 1. The average Bonchev–Trinajstić information content (AvgIpc) is 2.84. The summed E-state index contributed by atoms with van der Waals surface area (Å²) in [6.45, 7) is 3.53. The largest absolute Gasteiger partial charge is 0.445 e. The number of carbonyl (C=O) groups excluding carboxylic acids is 2. The second kappa shape index (κ2) is 4.96. The van der Waals surface area contributed by atoms with Gasteiger partial charge in [-0.15, -0.1) is 11.3 Å². The zero-order valence-corrected chi connectivity index (χ0v) is 12.5. The molecule has 1 N–H and O–H groups in total. The highest BCUT2D eigenvalue weighted by Crippen LogP contribution is 2.29. The number of hydrogen-bond donors (Lipinski definition) is 1. The topological polar surface area (TPSA) is 68.3 Å². The van der Waals surface area contributed by atoms with Crippen LogP contribution in [0.15, 0.2) is 30.5 Å². The van der Waals surface area contributed by atoms with Crippen LogP contribution in [0.3, 0.4) is 0 Å². The number of hydrogen-bond acceptors (Lipinski definition) is 5. The predicted octanol–water partition coefficient (Wildman–Crippen LogP) is 2.56. The Bertz CT molecular complexity index is 725. The number of aryl methyl sites for hydroxylation is 1. The molecule has 1 amide bonds. The third-order valence-corrected chi connectivity index (χ3v) is 4.23. The van der Waals surface area contributed by atoms with Crippen molar-refractivity contribution in [2.75, 3.05) is 5.32 Å². The number of nitrogens with one attached hydrogen (secondary N) is 1. The molecule has 0 spiro atoms. The first-order chi connectivity index (χ1) is 9.98. The highest BCUT2D eigenvalue weighted by molar-refractivity contribution is 7.15. The van der Waals surface area contributed by atoms with Gasteiger partial charge in [-0.1, -0.05) is 18.2 Å². The van der Waals surface area contributed by atoms with E-state index in [1.165, 1.54) is 11.3 Å². The fourth-order valence-electron chi connectivity index (χ4n) is 2.30. The van der Waals surface area contributed by atoms with E-state index >= 15 is 0 Å². The highest BCUT2D eigenvalue weighted by atomic mass is 32.1. The van der Waals surface area contributed by atoms with Crippen molar-refractivity contribution in [2.24, 2.45) is 0 Å². The Morgan fingerprint density at radius 1 is 1.43 bits per heavy atom. The molecule has 2 aromatic rings. The van der Waals surface area contributed by atoms with Crippen molar-refractivity contribution in [3.8, 4) is 0 Å². The van der Waals surface area contributed by atoms with Gasteiger partial charge in [-0.3, -0.25) is 10.1 Å². The third kappa shape index (κ3) is 2.54. The van der Waals surface area contributed by atoms with Crippen LogP contribution in [0.2, 0.25) is 0 Å². The van der Waals surface area contributed by atoms with Gasteiger partial charge in [-0.25, -0.2) is 9.78 Å². The summed E-state index contributed by atoms with van der Waals surface area (Å²) < 4.78 is 5.37. The summed E-state index contributed by atoms with van der Waals surface area (Å²) in [6.07, 6.45) is 2.04. The minimum atomic E-state index is -1.22. The minimum Gasteiger partial charge on any atom is -0.445 e. The average molecular weight is 302 g/mol. The predicted molar refractivity (Wildman–Crippen MR) is 79.4 cm³/mol. The molecule has 0 bridgehead atoms. The van der Waals surface area contributed by atoms with Crippen molar-refractivity contribution < 1.29 is 14.3 Å². The van der Waals surface area contributed by atoms with Gasteiger partial charge in [0.1, 0.15) is 0 Å². The number of aromatic nitrogens is 1. The first kappa shape index (κ1) is 13.8. The molecule has 6 heteroatoms. The monoisotopic (exact) mass is 302 g/mol. The summed E-state index contributed by atoms with van der Waals surface area (Å²) in [7, 11) is 0. The molecule has 1 aromatic heterocycles. The van der Waals surface area contributed by atoms with Gasteiger partial charge < -0.3 is 4.74 Å². The normalized spacial score (nSPS) is 20.6. The van der Waals surface area contributed by atoms with Crippen LogP contribution in [0.25, 0.3) is 0 Å². The van der Waals surface area contributed by atoms with Crippen LogP contribution in [-0.4, -0.2) is 22.5 Å².